The van der Waals surface area contributed by atoms with Crippen molar-refractivity contribution in [1.82, 2.24) is 10.5 Å². The molecule has 0 saturated carbocycles. The number of carbonyl (C=O) groups excluding carboxylic acids is 1. The Morgan fingerprint density at radius 1 is 1.14 bits per heavy atom. The largest absolute Gasteiger partial charge is 0.494 e. The van der Waals surface area contributed by atoms with E-state index in [2.05, 4.69) is 15.8 Å². The van der Waals surface area contributed by atoms with Gasteiger partial charge in [0, 0.05) is 6.07 Å². The summed E-state index contributed by atoms with van der Waals surface area (Å²) in [5.74, 6) is 1.18. The Morgan fingerprint density at radius 3 is 2.59 bits per heavy atom. The summed E-state index contributed by atoms with van der Waals surface area (Å²) in [7, 11) is 0. The molecule has 0 spiro atoms. The summed E-state index contributed by atoms with van der Waals surface area (Å²) in [6.07, 6.45) is 1.62. The topological polar surface area (TPSA) is 76.4 Å². The summed E-state index contributed by atoms with van der Waals surface area (Å²) in [4.78, 5) is 12.7. The highest BCUT2D eigenvalue weighted by molar-refractivity contribution is 5.94. The van der Waals surface area contributed by atoms with Gasteiger partial charge in [-0.3, -0.25) is 4.79 Å². The SMILES string of the molecule is Cc1cc(NC(=O)C(NCCCCOc2ccc(F)cc2)c2ccccc2)no1. The second-order valence-electron chi connectivity index (χ2n) is 6.62. The van der Waals surface area contributed by atoms with Crippen LogP contribution in [-0.4, -0.2) is 24.2 Å². The molecule has 29 heavy (non-hydrogen) atoms. The number of hydrogen-bond donors (Lipinski definition) is 2. The molecule has 2 N–H and O–H groups in total. The zero-order chi connectivity index (χ0) is 20.5. The second-order valence-corrected chi connectivity index (χ2v) is 6.62. The van der Waals surface area contributed by atoms with Crippen molar-refractivity contribution < 1.29 is 18.4 Å². The summed E-state index contributed by atoms with van der Waals surface area (Å²) >= 11 is 0. The van der Waals surface area contributed by atoms with Crippen molar-refractivity contribution >= 4 is 11.7 Å². The quantitative estimate of drug-likeness (QED) is 0.500. The van der Waals surface area contributed by atoms with Gasteiger partial charge in [0.15, 0.2) is 5.82 Å². The number of benzene rings is 2. The first-order valence-corrected chi connectivity index (χ1v) is 9.53. The van der Waals surface area contributed by atoms with Gasteiger partial charge in [-0.2, -0.15) is 0 Å². The summed E-state index contributed by atoms with van der Waals surface area (Å²) in [5, 5.41) is 9.88. The minimum atomic E-state index is -0.508. The van der Waals surface area contributed by atoms with E-state index in [4.69, 9.17) is 9.26 Å². The lowest BCUT2D eigenvalue weighted by atomic mass is 10.1. The molecule has 0 aliphatic heterocycles. The zero-order valence-electron chi connectivity index (χ0n) is 16.2. The van der Waals surface area contributed by atoms with Crippen molar-refractivity contribution in [3.05, 3.63) is 77.8 Å². The van der Waals surface area contributed by atoms with Crippen molar-refractivity contribution in [2.45, 2.75) is 25.8 Å². The Hall–Kier alpha value is -3.19. The molecule has 3 aromatic rings. The number of aryl methyl sites for hydroxylation is 1. The van der Waals surface area contributed by atoms with Crippen molar-refractivity contribution in [1.29, 1.82) is 0 Å². The molecule has 7 heteroatoms. The number of nitrogens with one attached hydrogen (secondary N) is 2. The molecule has 1 aromatic heterocycles. The predicted molar refractivity (Wildman–Crippen MR) is 108 cm³/mol. The summed E-state index contributed by atoms with van der Waals surface area (Å²) in [5.41, 5.74) is 0.868. The average molecular weight is 397 g/mol. The van der Waals surface area contributed by atoms with Crippen LogP contribution < -0.4 is 15.4 Å². The third-order valence-electron chi connectivity index (χ3n) is 4.28. The average Bonchev–Trinajstić information content (AvgIpc) is 3.14. The molecule has 2 aromatic carbocycles. The van der Waals surface area contributed by atoms with Gasteiger partial charge in [-0.25, -0.2) is 4.39 Å². The van der Waals surface area contributed by atoms with Crippen LogP contribution in [0.1, 0.15) is 30.2 Å². The number of halogens is 1. The van der Waals surface area contributed by atoms with Crippen LogP contribution in [-0.2, 0) is 4.79 Å². The van der Waals surface area contributed by atoms with E-state index >= 15 is 0 Å². The number of unbranched alkanes of at least 4 members (excludes halogenated alkanes) is 1. The van der Waals surface area contributed by atoms with Crippen molar-refractivity contribution in [3.63, 3.8) is 0 Å². The first-order valence-electron chi connectivity index (χ1n) is 9.53. The maximum atomic E-state index is 12.9. The van der Waals surface area contributed by atoms with E-state index in [1.165, 1.54) is 12.1 Å². The van der Waals surface area contributed by atoms with E-state index < -0.39 is 6.04 Å². The molecule has 0 bridgehead atoms. The standard InChI is InChI=1S/C22H24FN3O3/c1-16-15-20(26-29-16)25-22(27)21(17-7-3-2-4-8-17)24-13-5-6-14-28-19-11-9-18(23)10-12-19/h2-4,7-12,15,21,24H,5-6,13-14H2,1H3,(H,25,26,27). The van der Waals surface area contributed by atoms with E-state index in [0.717, 1.165) is 18.4 Å². The van der Waals surface area contributed by atoms with E-state index in [1.807, 2.05) is 30.3 Å². The summed E-state index contributed by atoms with van der Waals surface area (Å²) in [6, 6.07) is 16.6. The number of hydrogen-bond acceptors (Lipinski definition) is 5. The molecule has 0 saturated heterocycles. The molecular weight excluding hydrogens is 373 g/mol. The number of aromatic nitrogens is 1. The molecule has 3 rings (SSSR count). The van der Waals surface area contributed by atoms with E-state index in [0.29, 0.717) is 30.5 Å². The van der Waals surface area contributed by atoms with Crippen LogP contribution in [0, 0.1) is 12.7 Å². The van der Waals surface area contributed by atoms with Gasteiger partial charge in [0.25, 0.3) is 0 Å². The maximum absolute atomic E-state index is 12.9. The van der Waals surface area contributed by atoms with Crippen molar-refractivity contribution in [2.24, 2.45) is 0 Å². The number of nitrogens with zero attached hydrogens (tertiary/aromatic N) is 1. The number of rotatable bonds is 10. The second kappa shape index (κ2) is 10.4. The molecule has 1 heterocycles. The fourth-order valence-electron chi connectivity index (χ4n) is 2.83. The van der Waals surface area contributed by atoms with Gasteiger partial charge in [-0.15, -0.1) is 0 Å². The lowest BCUT2D eigenvalue weighted by Crippen LogP contribution is -2.33. The fourth-order valence-corrected chi connectivity index (χ4v) is 2.83. The smallest absolute Gasteiger partial charge is 0.247 e. The normalized spacial score (nSPS) is 11.8. The lowest BCUT2D eigenvalue weighted by Gasteiger charge is -2.18. The monoisotopic (exact) mass is 397 g/mol. The third kappa shape index (κ3) is 6.43. The molecule has 1 amide bonds. The van der Waals surface area contributed by atoms with Crippen LogP contribution in [0.25, 0.3) is 0 Å². The van der Waals surface area contributed by atoms with Crippen LogP contribution in [0.3, 0.4) is 0 Å². The van der Waals surface area contributed by atoms with Crippen LogP contribution in [0.15, 0.2) is 65.2 Å². The highest BCUT2D eigenvalue weighted by Crippen LogP contribution is 2.16. The molecule has 0 aliphatic carbocycles. The lowest BCUT2D eigenvalue weighted by molar-refractivity contribution is -0.118. The predicted octanol–water partition coefficient (Wildman–Crippen LogP) is 4.25. The van der Waals surface area contributed by atoms with Crippen molar-refractivity contribution in [2.75, 3.05) is 18.5 Å². The molecule has 0 radical (unpaired) electrons. The summed E-state index contributed by atoms with van der Waals surface area (Å²) in [6.45, 7) is 2.93. The van der Waals surface area contributed by atoms with Gasteiger partial charge in [-0.05, 0) is 56.1 Å². The molecule has 0 aliphatic rings. The minimum absolute atomic E-state index is 0.202. The van der Waals surface area contributed by atoms with E-state index in [9.17, 15) is 9.18 Å². The van der Waals surface area contributed by atoms with Crippen LogP contribution in [0.2, 0.25) is 0 Å². The minimum Gasteiger partial charge on any atom is -0.494 e. The number of amides is 1. The highest BCUT2D eigenvalue weighted by Gasteiger charge is 2.20. The molecular formula is C22H24FN3O3. The molecule has 1 unspecified atom stereocenters. The molecule has 6 nitrogen and oxygen atoms in total. The Kier molecular flexibility index (Phi) is 7.35. The van der Waals surface area contributed by atoms with Gasteiger partial charge in [0.2, 0.25) is 5.91 Å². The van der Waals surface area contributed by atoms with Crippen LogP contribution >= 0.6 is 0 Å². The number of ether oxygens (including phenoxy) is 1. The third-order valence-corrected chi connectivity index (χ3v) is 4.28. The summed E-state index contributed by atoms with van der Waals surface area (Å²) < 4.78 is 23.5. The Labute approximate surface area is 169 Å². The van der Waals surface area contributed by atoms with Crippen LogP contribution in [0.5, 0.6) is 5.75 Å². The van der Waals surface area contributed by atoms with Crippen LogP contribution in [0.4, 0.5) is 10.2 Å². The van der Waals surface area contributed by atoms with Gasteiger partial charge in [0.1, 0.15) is 23.4 Å². The first kappa shape index (κ1) is 20.5. The van der Waals surface area contributed by atoms with E-state index in [-0.39, 0.29) is 11.7 Å². The molecule has 152 valence electrons. The zero-order valence-corrected chi connectivity index (χ0v) is 16.2. The molecule has 0 fully saturated rings. The Balaban J connectivity index is 1.48. The van der Waals surface area contributed by atoms with Gasteiger partial charge in [-0.1, -0.05) is 35.5 Å². The van der Waals surface area contributed by atoms with E-state index in [1.54, 1.807) is 25.1 Å². The fraction of sp³-hybridized carbons (Fsp3) is 0.273. The van der Waals surface area contributed by atoms with Gasteiger partial charge >= 0.3 is 0 Å². The Bertz CT molecular complexity index is 897. The first-order chi connectivity index (χ1) is 14.1. The highest BCUT2D eigenvalue weighted by atomic mass is 19.1. The van der Waals surface area contributed by atoms with Crippen molar-refractivity contribution in [3.8, 4) is 5.75 Å². The number of carbonyl (C=O) groups is 1. The Morgan fingerprint density at radius 2 is 1.90 bits per heavy atom. The van der Waals surface area contributed by atoms with Gasteiger partial charge in [0.05, 0.1) is 6.61 Å². The molecule has 1 atom stereocenters. The number of anilines is 1. The van der Waals surface area contributed by atoms with Gasteiger partial charge < -0.3 is 19.9 Å². The maximum Gasteiger partial charge on any atom is 0.247 e.